The van der Waals surface area contributed by atoms with Crippen molar-refractivity contribution >= 4 is 58.3 Å². The highest BCUT2D eigenvalue weighted by Gasteiger charge is 2.26. The van der Waals surface area contributed by atoms with Crippen LogP contribution in [-0.2, 0) is 30.4 Å². The first-order valence-electron chi connectivity index (χ1n) is 8.93. The number of carbonyl (C=O) groups is 1. The molecule has 5 N–H and O–H groups in total. The summed E-state index contributed by atoms with van der Waals surface area (Å²) in [6.45, 7) is 1.12. The van der Waals surface area contributed by atoms with Crippen molar-refractivity contribution in [1.29, 1.82) is 0 Å². The summed E-state index contributed by atoms with van der Waals surface area (Å²) >= 11 is 0. The van der Waals surface area contributed by atoms with E-state index in [2.05, 4.69) is 10.2 Å². The second-order valence-electron chi connectivity index (χ2n) is 6.98. The molecular weight excluding hydrogens is 532 g/mol. The van der Waals surface area contributed by atoms with E-state index in [1.165, 1.54) is 0 Å². The maximum absolute atomic E-state index is 11.9. The predicted octanol–water partition coefficient (Wildman–Crippen LogP) is 2.61. The molecule has 0 aliphatic heterocycles. The van der Waals surface area contributed by atoms with Crippen LogP contribution in [0.2, 0.25) is 0 Å². The molecule has 0 aliphatic carbocycles. The van der Waals surface area contributed by atoms with Gasteiger partial charge in [0.1, 0.15) is 26.9 Å². The Labute approximate surface area is 197 Å². The monoisotopic (exact) mass is 546 g/mol. The quantitative estimate of drug-likeness (QED) is 0.170. The average Bonchev–Trinajstić information content (AvgIpc) is 2.70. The van der Waals surface area contributed by atoms with Gasteiger partial charge in [0.05, 0.1) is 10.3 Å². The number of hydrogen-bond acceptors (Lipinski definition) is 11. The van der Waals surface area contributed by atoms with E-state index in [0.29, 0.717) is 18.2 Å². The van der Waals surface area contributed by atoms with Gasteiger partial charge in [-0.1, -0.05) is 0 Å². The molecule has 17 heteroatoms. The number of aromatic hydroxyl groups is 2. The summed E-state index contributed by atoms with van der Waals surface area (Å²) in [4.78, 5) is 8.64. The first kappa shape index (κ1) is 26.1. The number of azo groups is 1. The molecule has 0 saturated carbocycles. The van der Waals surface area contributed by atoms with Gasteiger partial charge in [-0.3, -0.25) is 18.5 Å². The van der Waals surface area contributed by atoms with Crippen molar-refractivity contribution in [2.45, 2.75) is 21.6 Å². The Morgan fingerprint density at radius 3 is 1.89 bits per heavy atom. The van der Waals surface area contributed by atoms with Gasteiger partial charge in [-0.05, 0) is 42.6 Å². The summed E-state index contributed by atoms with van der Waals surface area (Å²) in [7, 11) is -15.0. The highest BCUT2D eigenvalue weighted by atomic mass is 32.2. The van der Waals surface area contributed by atoms with E-state index >= 15 is 0 Å². The van der Waals surface area contributed by atoms with Crippen molar-refractivity contribution in [1.82, 2.24) is 0 Å². The number of benzene rings is 3. The van der Waals surface area contributed by atoms with Crippen LogP contribution < -0.4 is 0 Å². The van der Waals surface area contributed by atoms with Crippen LogP contribution in [0.1, 0.15) is 17.3 Å². The summed E-state index contributed by atoms with van der Waals surface area (Å²) < 4.78 is 98.3. The van der Waals surface area contributed by atoms with Crippen LogP contribution in [0.4, 0.5) is 11.4 Å². The molecule has 0 fully saturated rings. The molecule has 35 heavy (non-hydrogen) atoms. The number of phenols is 2. The standard InChI is InChI=1S/C18H14N2O12S3/c1-8(21)9-2-3-12(14(5-9)34(27,28)29)19-20-17-15(35(30,31)32)6-10-4-11(33(24,25)26)7-13(22)16(10)18(17)23/h2-7,22-23H,1H3,(H,24,25,26)(H,27,28,29)(H,30,31,32). The van der Waals surface area contributed by atoms with Crippen LogP contribution in [0.25, 0.3) is 10.8 Å². The van der Waals surface area contributed by atoms with Gasteiger partial charge in [-0.15, -0.1) is 10.2 Å². The molecule has 0 amide bonds. The van der Waals surface area contributed by atoms with E-state index in [4.69, 9.17) is 0 Å². The van der Waals surface area contributed by atoms with Crippen molar-refractivity contribution in [3.63, 3.8) is 0 Å². The average molecular weight is 547 g/mol. The molecule has 3 rings (SSSR count). The van der Waals surface area contributed by atoms with E-state index in [1.807, 2.05) is 0 Å². The SMILES string of the molecule is CC(=O)c1ccc(N=Nc2c(S(=O)(=O)O)cc3cc(S(=O)(=O)O)cc(O)c3c2O)c(S(=O)(=O)O)c1. The third-order valence-corrected chi connectivity index (χ3v) is 7.16. The Bertz CT molecular complexity index is 1760. The minimum Gasteiger partial charge on any atom is -0.507 e. The molecule has 0 saturated heterocycles. The maximum atomic E-state index is 11.9. The smallest absolute Gasteiger partial charge is 0.296 e. The Morgan fingerprint density at radius 2 is 1.37 bits per heavy atom. The van der Waals surface area contributed by atoms with Crippen LogP contribution in [0.5, 0.6) is 11.5 Å². The lowest BCUT2D eigenvalue weighted by Crippen LogP contribution is -2.02. The zero-order valence-electron chi connectivity index (χ0n) is 17.2. The number of Topliss-reactive ketones (excluding diaryl/α,β-unsaturated/α-hetero) is 1. The van der Waals surface area contributed by atoms with Crippen molar-refractivity contribution < 1.29 is 53.9 Å². The van der Waals surface area contributed by atoms with Gasteiger partial charge in [-0.25, -0.2) is 0 Å². The number of nitrogens with zero attached hydrogens (tertiary/aromatic N) is 2. The summed E-state index contributed by atoms with van der Waals surface area (Å²) in [6.07, 6.45) is 0. The van der Waals surface area contributed by atoms with E-state index < -0.39 is 84.5 Å². The molecule has 0 unspecified atom stereocenters. The van der Waals surface area contributed by atoms with E-state index in [9.17, 15) is 53.9 Å². The molecule has 3 aromatic rings. The number of carbonyl (C=O) groups excluding carboxylic acids is 1. The van der Waals surface area contributed by atoms with Gasteiger partial charge in [0, 0.05) is 11.6 Å². The van der Waals surface area contributed by atoms with Crippen molar-refractivity contribution in [3.8, 4) is 11.5 Å². The lowest BCUT2D eigenvalue weighted by molar-refractivity contribution is 0.101. The molecule has 186 valence electrons. The largest absolute Gasteiger partial charge is 0.507 e. The van der Waals surface area contributed by atoms with Gasteiger partial charge in [0.25, 0.3) is 30.4 Å². The second kappa shape index (κ2) is 8.63. The highest BCUT2D eigenvalue weighted by molar-refractivity contribution is 7.86. The Morgan fingerprint density at radius 1 is 0.771 bits per heavy atom. The molecule has 0 heterocycles. The summed E-state index contributed by atoms with van der Waals surface area (Å²) in [5.74, 6) is -2.61. The van der Waals surface area contributed by atoms with Gasteiger partial charge in [0.2, 0.25) is 0 Å². The highest BCUT2D eigenvalue weighted by Crippen LogP contribution is 2.45. The lowest BCUT2D eigenvalue weighted by Gasteiger charge is -2.11. The summed E-state index contributed by atoms with van der Waals surface area (Å²) in [5, 5.41) is 26.7. The molecule has 0 bridgehead atoms. The number of fused-ring (bicyclic) bond motifs is 1. The zero-order valence-corrected chi connectivity index (χ0v) is 19.6. The molecule has 0 radical (unpaired) electrons. The number of phenolic OH excluding ortho intramolecular Hbond substituents is 2. The predicted molar refractivity (Wildman–Crippen MR) is 117 cm³/mol. The third-order valence-electron chi connectivity index (χ3n) is 4.58. The van der Waals surface area contributed by atoms with Gasteiger partial charge in [0.15, 0.2) is 11.5 Å². The fourth-order valence-corrected chi connectivity index (χ4v) is 4.85. The topological polar surface area (TPSA) is 245 Å². The van der Waals surface area contributed by atoms with Crippen molar-refractivity contribution in [2.75, 3.05) is 0 Å². The fourth-order valence-electron chi connectivity index (χ4n) is 3.01. The minimum atomic E-state index is -5.19. The molecular formula is C18H14N2O12S3. The van der Waals surface area contributed by atoms with Crippen molar-refractivity contribution in [3.05, 3.63) is 42.0 Å². The first-order chi connectivity index (χ1) is 15.9. The lowest BCUT2D eigenvalue weighted by atomic mass is 10.1. The molecule has 3 aromatic carbocycles. The number of ketones is 1. The summed E-state index contributed by atoms with van der Waals surface area (Å²) in [5.41, 5.74) is -1.71. The molecule has 0 aromatic heterocycles. The molecule has 0 aliphatic rings. The van der Waals surface area contributed by atoms with E-state index in [0.717, 1.165) is 25.1 Å². The third kappa shape index (κ3) is 5.29. The van der Waals surface area contributed by atoms with E-state index in [1.54, 1.807) is 0 Å². The van der Waals surface area contributed by atoms with Crippen molar-refractivity contribution in [2.24, 2.45) is 10.2 Å². The Hall–Kier alpha value is -3.48. The maximum Gasteiger partial charge on any atom is 0.296 e. The van der Waals surface area contributed by atoms with Gasteiger partial charge in [-0.2, -0.15) is 25.3 Å². The van der Waals surface area contributed by atoms with Crippen LogP contribution in [0, 0.1) is 0 Å². The Balaban J connectivity index is 2.36. The van der Waals surface area contributed by atoms with Crippen LogP contribution >= 0.6 is 0 Å². The normalized spacial score (nSPS) is 12.9. The fraction of sp³-hybridized carbons (Fsp3) is 0.0556. The first-order valence-corrected chi connectivity index (χ1v) is 13.2. The summed E-state index contributed by atoms with van der Waals surface area (Å²) in [6, 6.07) is 4.69. The molecule has 0 spiro atoms. The minimum absolute atomic E-state index is 0.122. The van der Waals surface area contributed by atoms with Crippen LogP contribution in [-0.4, -0.2) is 54.9 Å². The van der Waals surface area contributed by atoms with Gasteiger partial charge < -0.3 is 10.2 Å². The Kier molecular flexibility index (Phi) is 6.44. The molecule has 14 nitrogen and oxygen atoms in total. The molecule has 0 atom stereocenters. The number of hydrogen-bond donors (Lipinski definition) is 5. The van der Waals surface area contributed by atoms with Crippen LogP contribution in [0.3, 0.4) is 0 Å². The number of rotatable bonds is 6. The van der Waals surface area contributed by atoms with Crippen LogP contribution in [0.15, 0.2) is 61.3 Å². The second-order valence-corrected chi connectivity index (χ2v) is 11.2. The van der Waals surface area contributed by atoms with Gasteiger partial charge >= 0.3 is 0 Å². The zero-order chi connectivity index (χ0) is 26.5. The van der Waals surface area contributed by atoms with E-state index in [-0.39, 0.29) is 5.56 Å².